The second-order valence-corrected chi connectivity index (χ2v) is 6.16. The highest BCUT2D eigenvalue weighted by atomic mass is 32.2. The highest BCUT2D eigenvalue weighted by molar-refractivity contribution is 7.90. The van der Waals surface area contributed by atoms with Crippen LogP contribution in [0.25, 0.3) is 0 Å². The van der Waals surface area contributed by atoms with Gasteiger partial charge in [-0.2, -0.15) is 0 Å². The summed E-state index contributed by atoms with van der Waals surface area (Å²) >= 11 is 0. The van der Waals surface area contributed by atoms with Gasteiger partial charge in [0.1, 0.15) is 5.56 Å². The Morgan fingerprint density at radius 2 is 1.84 bits per heavy atom. The summed E-state index contributed by atoms with van der Waals surface area (Å²) in [6, 6.07) is 1.23. The molecule has 1 rings (SSSR count). The minimum Gasteiger partial charge on any atom is -0.364 e. The molecule has 1 heterocycles. The molecule has 6 nitrogen and oxygen atoms in total. The number of pyridine rings is 1. The van der Waals surface area contributed by atoms with E-state index in [1.165, 1.54) is 26.1 Å². The van der Waals surface area contributed by atoms with E-state index in [0.717, 1.165) is 0 Å². The number of sulfonamides is 1. The molecule has 0 aliphatic carbocycles. The highest BCUT2D eigenvalue weighted by Gasteiger charge is 2.21. The van der Waals surface area contributed by atoms with E-state index in [-0.39, 0.29) is 5.56 Å². The van der Waals surface area contributed by atoms with Crippen molar-refractivity contribution in [3.8, 4) is 0 Å². The molecule has 0 saturated carbocycles. The smallest absolute Gasteiger partial charge is 0.270 e. The number of aromatic amines is 1. The van der Waals surface area contributed by atoms with Crippen LogP contribution < -0.4 is 10.2 Å². The Hall–Kier alpha value is -1.63. The third kappa shape index (κ3) is 4.86. The Morgan fingerprint density at radius 1 is 1.32 bits per heavy atom. The Bertz CT molecular complexity index is 588. The lowest BCUT2D eigenvalue weighted by Crippen LogP contribution is -2.37. The molecule has 1 aromatic rings. The van der Waals surface area contributed by atoms with Gasteiger partial charge in [-0.15, -0.1) is 0 Å². The van der Waals surface area contributed by atoms with Gasteiger partial charge in [0, 0.05) is 18.0 Å². The summed E-state index contributed by atoms with van der Waals surface area (Å²) in [6.45, 7) is 8.54. The van der Waals surface area contributed by atoms with Crippen LogP contribution >= 0.6 is 0 Å². The number of hydrogen-bond donors (Lipinski definition) is 2. The molecule has 0 radical (unpaired) electrons. The van der Waals surface area contributed by atoms with Crippen LogP contribution in [0.15, 0.2) is 17.1 Å². The molecule has 0 saturated heterocycles. The van der Waals surface area contributed by atoms with Gasteiger partial charge in [-0.25, -0.2) is 13.1 Å². The molecule has 0 aliphatic heterocycles. The Labute approximate surface area is 113 Å². The van der Waals surface area contributed by atoms with Gasteiger partial charge >= 0.3 is 0 Å². The van der Waals surface area contributed by atoms with Crippen LogP contribution in [0, 0.1) is 6.92 Å². The molecule has 7 heteroatoms. The van der Waals surface area contributed by atoms with Crippen molar-refractivity contribution in [1.82, 2.24) is 9.71 Å². The number of nitrogens with one attached hydrogen (secondary N) is 2. The van der Waals surface area contributed by atoms with E-state index in [0.29, 0.717) is 5.69 Å². The molecule has 0 atom stereocenters. The Kier molecular flexibility index (Phi) is 6.47. The quantitative estimate of drug-likeness (QED) is 0.872. The maximum atomic E-state index is 11.6. The second-order valence-electron chi connectivity index (χ2n) is 3.92. The molecule has 0 spiro atoms. The van der Waals surface area contributed by atoms with E-state index < -0.39 is 26.6 Å². The summed E-state index contributed by atoms with van der Waals surface area (Å²) in [5.41, 5.74) is -0.143. The summed E-state index contributed by atoms with van der Waals surface area (Å²) in [6.07, 6.45) is 1.20. The van der Waals surface area contributed by atoms with E-state index in [1.54, 1.807) is 6.92 Å². The number of carbonyl (C=O) groups excluding carboxylic acids is 1. The topological polar surface area (TPSA) is 96.1 Å². The average Bonchev–Trinajstić information content (AvgIpc) is 2.30. The lowest BCUT2D eigenvalue weighted by atomic mass is 10.2. The van der Waals surface area contributed by atoms with Crippen LogP contribution in [0.3, 0.4) is 0 Å². The predicted octanol–water partition coefficient (Wildman–Crippen LogP) is 1.18. The zero-order valence-electron chi connectivity index (χ0n) is 11.8. The standard InChI is InChI=1S/C10H14N2O4S.C2H6/c1-6(2)17(15,16)12-10(14)8-5-11-7(3)4-9(8)13;1-2/h4-6H,1-3H3,(H,11,13)(H,12,14);1-2H3. The van der Waals surface area contributed by atoms with E-state index >= 15 is 0 Å². The Morgan fingerprint density at radius 3 is 2.26 bits per heavy atom. The van der Waals surface area contributed by atoms with Gasteiger partial charge < -0.3 is 4.98 Å². The molecular weight excluding hydrogens is 268 g/mol. The second kappa shape index (κ2) is 7.08. The fraction of sp³-hybridized carbons (Fsp3) is 0.500. The van der Waals surface area contributed by atoms with Crippen molar-refractivity contribution in [3.63, 3.8) is 0 Å². The fourth-order valence-corrected chi connectivity index (χ4v) is 1.66. The van der Waals surface area contributed by atoms with Crippen molar-refractivity contribution in [2.24, 2.45) is 0 Å². The minimum absolute atomic E-state index is 0.222. The van der Waals surface area contributed by atoms with Gasteiger partial charge in [-0.05, 0) is 20.8 Å². The summed E-state index contributed by atoms with van der Waals surface area (Å²) in [5.74, 6) is -0.917. The molecule has 1 aromatic heterocycles. The largest absolute Gasteiger partial charge is 0.364 e. The van der Waals surface area contributed by atoms with Gasteiger partial charge in [0.15, 0.2) is 5.43 Å². The third-order valence-corrected chi connectivity index (χ3v) is 3.87. The number of hydrogen-bond acceptors (Lipinski definition) is 4. The van der Waals surface area contributed by atoms with Gasteiger partial charge in [0.25, 0.3) is 5.91 Å². The molecule has 2 N–H and O–H groups in total. The predicted molar refractivity (Wildman–Crippen MR) is 74.7 cm³/mol. The number of carbonyl (C=O) groups is 1. The van der Waals surface area contributed by atoms with Crippen LogP contribution in [0.4, 0.5) is 0 Å². The van der Waals surface area contributed by atoms with Crippen molar-refractivity contribution in [2.75, 3.05) is 0 Å². The number of rotatable bonds is 3. The maximum Gasteiger partial charge on any atom is 0.270 e. The van der Waals surface area contributed by atoms with Gasteiger partial charge in [-0.3, -0.25) is 9.59 Å². The Balaban J connectivity index is 0.00000154. The molecule has 0 bridgehead atoms. The molecule has 0 fully saturated rings. The number of aryl methyl sites for hydroxylation is 1. The number of amides is 1. The lowest BCUT2D eigenvalue weighted by Gasteiger charge is -2.08. The van der Waals surface area contributed by atoms with E-state index in [1.807, 2.05) is 18.6 Å². The van der Waals surface area contributed by atoms with Crippen molar-refractivity contribution in [2.45, 2.75) is 39.9 Å². The summed E-state index contributed by atoms with van der Waals surface area (Å²) in [7, 11) is -3.72. The summed E-state index contributed by atoms with van der Waals surface area (Å²) in [5, 5.41) is -0.740. The van der Waals surface area contributed by atoms with Gasteiger partial charge in [-0.1, -0.05) is 13.8 Å². The summed E-state index contributed by atoms with van der Waals surface area (Å²) < 4.78 is 24.7. The first kappa shape index (κ1) is 17.4. The zero-order chi connectivity index (χ0) is 15.2. The molecule has 0 unspecified atom stereocenters. The van der Waals surface area contributed by atoms with Crippen LogP contribution in [-0.4, -0.2) is 24.6 Å². The SMILES string of the molecule is CC.Cc1cc(=O)c(C(=O)NS(=O)(=O)C(C)C)c[nH]1. The van der Waals surface area contributed by atoms with Crippen molar-refractivity contribution in [3.05, 3.63) is 33.7 Å². The molecule has 0 aliphatic rings. The third-order valence-electron chi connectivity index (χ3n) is 2.16. The lowest BCUT2D eigenvalue weighted by molar-refractivity contribution is 0.0979. The molecule has 1 amide bonds. The van der Waals surface area contributed by atoms with Crippen molar-refractivity contribution < 1.29 is 13.2 Å². The van der Waals surface area contributed by atoms with Crippen LogP contribution in [0.2, 0.25) is 0 Å². The van der Waals surface area contributed by atoms with E-state index in [9.17, 15) is 18.0 Å². The van der Waals surface area contributed by atoms with Crippen LogP contribution in [0.1, 0.15) is 43.7 Å². The molecule has 19 heavy (non-hydrogen) atoms. The van der Waals surface area contributed by atoms with E-state index in [4.69, 9.17) is 0 Å². The zero-order valence-corrected chi connectivity index (χ0v) is 12.6. The maximum absolute atomic E-state index is 11.6. The van der Waals surface area contributed by atoms with Gasteiger partial charge in [0.05, 0.1) is 5.25 Å². The fourth-order valence-electron chi connectivity index (χ4n) is 1.05. The summed E-state index contributed by atoms with van der Waals surface area (Å²) in [4.78, 5) is 25.7. The monoisotopic (exact) mass is 288 g/mol. The molecular formula is C12H20N2O4S. The van der Waals surface area contributed by atoms with Crippen molar-refractivity contribution >= 4 is 15.9 Å². The first-order chi connectivity index (χ1) is 8.74. The molecule has 108 valence electrons. The molecule has 0 aromatic carbocycles. The normalized spacial score (nSPS) is 10.6. The first-order valence-electron chi connectivity index (χ1n) is 5.99. The highest BCUT2D eigenvalue weighted by Crippen LogP contribution is 1.99. The average molecular weight is 288 g/mol. The van der Waals surface area contributed by atoms with Crippen molar-refractivity contribution in [1.29, 1.82) is 0 Å². The first-order valence-corrected chi connectivity index (χ1v) is 7.54. The minimum atomic E-state index is -3.72. The number of H-pyrrole nitrogens is 1. The van der Waals surface area contributed by atoms with Gasteiger partial charge in [0.2, 0.25) is 10.0 Å². The van der Waals surface area contributed by atoms with E-state index in [2.05, 4.69) is 4.98 Å². The van der Waals surface area contributed by atoms with Crippen LogP contribution in [0.5, 0.6) is 0 Å². The van der Waals surface area contributed by atoms with Crippen LogP contribution in [-0.2, 0) is 10.0 Å². The number of aromatic nitrogens is 1.